The quantitative estimate of drug-likeness (QED) is 0.533. The van der Waals surface area contributed by atoms with Crippen LogP contribution in [-0.2, 0) is 13.1 Å². The maximum absolute atomic E-state index is 13.1. The molecular formula is C23H28FN7O2. The number of halogens is 1. The number of nitrogen functional groups attached to an aromatic ring is 1. The molecule has 0 bridgehead atoms. The van der Waals surface area contributed by atoms with Gasteiger partial charge < -0.3 is 20.5 Å². The Balaban J connectivity index is 1.34. The number of nitrogens with zero attached hydrogens (tertiary/aromatic N) is 5. The Bertz CT molecular complexity index is 1070. The smallest absolute Gasteiger partial charge is 0.232 e. The van der Waals surface area contributed by atoms with Crippen LogP contribution in [0.5, 0.6) is 11.5 Å². The Morgan fingerprint density at radius 1 is 0.909 bits per heavy atom. The van der Waals surface area contributed by atoms with Crippen molar-refractivity contribution in [2.45, 2.75) is 13.1 Å². The Morgan fingerprint density at radius 2 is 1.61 bits per heavy atom. The molecule has 1 fully saturated rings. The summed E-state index contributed by atoms with van der Waals surface area (Å²) in [6, 6.07) is 11.8. The monoisotopic (exact) mass is 453 g/mol. The summed E-state index contributed by atoms with van der Waals surface area (Å²) in [6.07, 6.45) is 0. The van der Waals surface area contributed by atoms with Crippen LogP contribution in [0.4, 0.5) is 22.0 Å². The third-order valence-corrected chi connectivity index (χ3v) is 5.51. The number of hydrogen-bond acceptors (Lipinski definition) is 9. The van der Waals surface area contributed by atoms with Gasteiger partial charge in [-0.1, -0.05) is 0 Å². The fourth-order valence-electron chi connectivity index (χ4n) is 3.78. The van der Waals surface area contributed by atoms with Crippen molar-refractivity contribution in [1.29, 1.82) is 0 Å². The van der Waals surface area contributed by atoms with Gasteiger partial charge in [0.15, 0.2) is 0 Å². The maximum Gasteiger partial charge on any atom is 0.232 e. The van der Waals surface area contributed by atoms with Crippen molar-refractivity contribution in [3.05, 3.63) is 59.7 Å². The first-order valence-corrected chi connectivity index (χ1v) is 10.7. The molecule has 3 aromatic rings. The van der Waals surface area contributed by atoms with Gasteiger partial charge in [-0.2, -0.15) is 15.0 Å². The number of aromatic nitrogens is 3. The highest BCUT2D eigenvalue weighted by Gasteiger charge is 2.20. The van der Waals surface area contributed by atoms with Crippen molar-refractivity contribution in [1.82, 2.24) is 24.8 Å². The van der Waals surface area contributed by atoms with Crippen molar-refractivity contribution in [3.63, 3.8) is 0 Å². The average Bonchev–Trinajstić information content (AvgIpc) is 2.81. The molecule has 10 heteroatoms. The molecule has 1 saturated heterocycles. The molecule has 0 unspecified atom stereocenters. The van der Waals surface area contributed by atoms with Crippen LogP contribution in [0.15, 0.2) is 42.5 Å². The highest BCUT2D eigenvalue weighted by molar-refractivity contribution is 5.53. The van der Waals surface area contributed by atoms with Crippen molar-refractivity contribution < 1.29 is 13.9 Å². The summed E-state index contributed by atoms with van der Waals surface area (Å²) in [5, 5.41) is 3.05. The number of methoxy groups -OCH3 is 2. The number of nitrogens with two attached hydrogens (primary N) is 1. The van der Waals surface area contributed by atoms with Gasteiger partial charge in [-0.15, -0.1) is 0 Å². The van der Waals surface area contributed by atoms with E-state index in [1.165, 1.54) is 12.1 Å². The maximum atomic E-state index is 13.1. The second kappa shape index (κ2) is 10.4. The van der Waals surface area contributed by atoms with E-state index in [0.29, 0.717) is 24.0 Å². The standard InChI is InChI=1S/C23H28FN7O2/c1-32-19-7-8-20(33-2)16(13-19)14-30-9-11-31(12-10-30)15-21-27-22(25)29-23(28-21)26-18-5-3-17(24)4-6-18/h3-8,13H,9-12,14-15H2,1-2H3,(H3,25,26,27,28,29). The predicted molar refractivity (Wildman–Crippen MR) is 124 cm³/mol. The lowest BCUT2D eigenvalue weighted by molar-refractivity contribution is 0.119. The van der Waals surface area contributed by atoms with E-state index in [2.05, 4.69) is 30.1 Å². The fraction of sp³-hybridized carbons (Fsp3) is 0.348. The van der Waals surface area contributed by atoms with Gasteiger partial charge in [0, 0.05) is 44.0 Å². The van der Waals surface area contributed by atoms with Crippen molar-refractivity contribution in [3.8, 4) is 11.5 Å². The summed E-state index contributed by atoms with van der Waals surface area (Å²) < 4.78 is 24.0. The van der Waals surface area contributed by atoms with E-state index in [9.17, 15) is 4.39 Å². The van der Waals surface area contributed by atoms with Crippen LogP contribution >= 0.6 is 0 Å². The van der Waals surface area contributed by atoms with Crippen LogP contribution in [0, 0.1) is 5.82 Å². The Labute approximate surface area is 192 Å². The largest absolute Gasteiger partial charge is 0.497 e. The molecule has 174 valence electrons. The van der Waals surface area contributed by atoms with Crippen LogP contribution < -0.4 is 20.5 Å². The number of rotatable bonds is 8. The zero-order valence-electron chi connectivity index (χ0n) is 18.8. The Hall–Kier alpha value is -3.50. The van der Waals surface area contributed by atoms with Gasteiger partial charge in [-0.05, 0) is 42.5 Å². The Kier molecular flexibility index (Phi) is 7.16. The molecule has 2 heterocycles. The molecule has 0 spiro atoms. The van der Waals surface area contributed by atoms with Gasteiger partial charge in [-0.25, -0.2) is 4.39 Å². The van der Waals surface area contributed by atoms with Crippen LogP contribution in [-0.4, -0.2) is 65.2 Å². The van der Waals surface area contributed by atoms with Crippen LogP contribution in [0.2, 0.25) is 0 Å². The second-order valence-corrected chi connectivity index (χ2v) is 7.80. The molecule has 1 aliphatic rings. The van der Waals surface area contributed by atoms with E-state index in [1.54, 1.807) is 26.4 Å². The van der Waals surface area contributed by atoms with Crippen molar-refractivity contribution >= 4 is 17.6 Å². The van der Waals surface area contributed by atoms with Gasteiger partial charge in [0.05, 0.1) is 20.8 Å². The number of ether oxygens (including phenoxy) is 2. The van der Waals surface area contributed by atoms with Crippen molar-refractivity contribution in [2.75, 3.05) is 51.4 Å². The molecule has 1 aliphatic heterocycles. The van der Waals surface area contributed by atoms with E-state index < -0.39 is 0 Å². The van der Waals surface area contributed by atoms with Gasteiger partial charge >= 0.3 is 0 Å². The second-order valence-electron chi connectivity index (χ2n) is 7.80. The average molecular weight is 454 g/mol. The van der Waals surface area contributed by atoms with Gasteiger partial charge in [-0.3, -0.25) is 9.80 Å². The van der Waals surface area contributed by atoms with Gasteiger partial charge in [0.2, 0.25) is 11.9 Å². The number of hydrogen-bond donors (Lipinski definition) is 2. The first-order chi connectivity index (χ1) is 16.0. The summed E-state index contributed by atoms with van der Waals surface area (Å²) >= 11 is 0. The van der Waals surface area contributed by atoms with E-state index in [4.69, 9.17) is 15.2 Å². The molecule has 9 nitrogen and oxygen atoms in total. The van der Waals surface area contributed by atoms with Gasteiger partial charge in [0.25, 0.3) is 0 Å². The summed E-state index contributed by atoms with van der Waals surface area (Å²) in [5.41, 5.74) is 7.67. The molecule has 2 aromatic carbocycles. The molecule has 1 aromatic heterocycles. The highest BCUT2D eigenvalue weighted by Crippen LogP contribution is 2.25. The Morgan fingerprint density at radius 3 is 2.27 bits per heavy atom. The lowest BCUT2D eigenvalue weighted by Crippen LogP contribution is -2.45. The summed E-state index contributed by atoms with van der Waals surface area (Å²) in [6.45, 7) is 4.92. The topological polar surface area (TPSA) is 102 Å². The summed E-state index contributed by atoms with van der Waals surface area (Å²) in [4.78, 5) is 17.6. The molecule has 0 aliphatic carbocycles. The van der Waals surface area contributed by atoms with Gasteiger partial charge in [0.1, 0.15) is 23.1 Å². The number of nitrogens with one attached hydrogen (secondary N) is 1. The van der Waals surface area contributed by atoms with Crippen LogP contribution in [0.1, 0.15) is 11.4 Å². The van der Waals surface area contributed by atoms with Crippen molar-refractivity contribution in [2.24, 2.45) is 0 Å². The van der Waals surface area contributed by atoms with Crippen LogP contribution in [0.3, 0.4) is 0 Å². The molecule has 0 atom stereocenters. The highest BCUT2D eigenvalue weighted by atomic mass is 19.1. The molecule has 4 rings (SSSR count). The third-order valence-electron chi connectivity index (χ3n) is 5.51. The van der Waals surface area contributed by atoms with Crippen LogP contribution in [0.25, 0.3) is 0 Å². The van der Waals surface area contributed by atoms with E-state index in [1.807, 2.05) is 18.2 Å². The molecule has 0 amide bonds. The molecule has 3 N–H and O–H groups in total. The lowest BCUT2D eigenvalue weighted by Gasteiger charge is -2.34. The minimum Gasteiger partial charge on any atom is -0.497 e. The number of benzene rings is 2. The van der Waals surface area contributed by atoms with E-state index in [0.717, 1.165) is 49.8 Å². The first kappa shape index (κ1) is 22.7. The molecular weight excluding hydrogens is 425 g/mol. The SMILES string of the molecule is COc1ccc(OC)c(CN2CCN(Cc3nc(N)nc(Nc4ccc(F)cc4)n3)CC2)c1. The zero-order chi connectivity index (χ0) is 23.2. The summed E-state index contributed by atoms with van der Waals surface area (Å²) in [7, 11) is 3.35. The fourth-order valence-corrected chi connectivity index (χ4v) is 3.78. The zero-order valence-corrected chi connectivity index (χ0v) is 18.8. The van der Waals surface area contributed by atoms with E-state index >= 15 is 0 Å². The number of piperazine rings is 1. The molecule has 0 radical (unpaired) electrons. The first-order valence-electron chi connectivity index (χ1n) is 10.7. The lowest BCUT2D eigenvalue weighted by atomic mass is 10.1. The predicted octanol–water partition coefficient (Wildman–Crippen LogP) is 2.67. The normalized spacial score (nSPS) is 14.8. The summed E-state index contributed by atoms with van der Waals surface area (Å²) in [5.74, 6) is 2.46. The molecule has 0 saturated carbocycles. The minimum atomic E-state index is -0.305. The van der Waals surface area contributed by atoms with E-state index in [-0.39, 0.29) is 11.8 Å². The molecule has 33 heavy (non-hydrogen) atoms. The minimum absolute atomic E-state index is 0.147. The third kappa shape index (κ3) is 6.05. The number of anilines is 3.